The van der Waals surface area contributed by atoms with Gasteiger partial charge in [0.25, 0.3) is 0 Å². The van der Waals surface area contributed by atoms with Gasteiger partial charge in [0, 0.05) is 12.2 Å². The van der Waals surface area contributed by atoms with Crippen molar-refractivity contribution in [2.24, 2.45) is 0 Å². The molecule has 0 atom stereocenters. The van der Waals surface area contributed by atoms with Crippen molar-refractivity contribution in [2.45, 2.75) is 24.9 Å². The Morgan fingerprint density at radius 1 is 1.14 bits per heavy atom. The summed E-state index contributed by atoms with van der Waals surface area (Å²) in [5, 5.41) is 1.68. The predicted molar refractivity (Wildman–Crippen MR) is 91.1 cm³/mol. The van der Waals surface area contributed by atoms with Gasteiger partial charge in [0.05, 0.1) is 21.4 Å². The quantitative estimate of drug-likeness (QED) is 0.633. The Morgan fingerprint density at radius 2 is 1.90 bits per heavy atom. The summed E-state index contributed by atoms with van der Waals surface area (Å²) in [5.41, 5.74) is 13.9. The third-order valence-corrected chi connectivity index (χ3v) is 4.62. The first-order chi connectivity index (χ1) is 10.0. The molecular formula is C14H16Cl2N4S. The minimum Gasteiger partial charge on any atom is -0.394 e. The lowest BCUT2D eigenvalue weighted by Crippen LogP contribution is -2.07. The number of nitrogens with two attached hydrogens (primary N) is 2. The highest BCUT2D eigenvalue weighted by molar-refractivity contribution is 7.99. The van der Waals surface area contributed by atoms with Crippen molar-refractivity contribution >= 4 is 46.5 Å². The second-order valence-corrected chi connectivity index (χ2v) is 6.40. The van der Waals surface area contributed by atoms with E-state index < -0.39 is 0 Å². The first kappa shape index (κ1) is 16.2. The van der Waals surface area contributed by atoms with Crippen LogP contribution >= 0.6 is 35.0 Å². The first-order valence-electron chi connectivity index (χ1n) is 6.49. The molecule has 7 heteroatoms. The van der Waals surface area contributed by atoms with E-state index in [2.05, 4.69) is 16.9 Å². The van der Waals surface area contributed by atoms with Crippen molar-refractivity contribution in [3.05, 3.63) is 39.5 Å². The fourth-order valence-corrected chi connectivity index (χ4v) is 2.79. The van der Waals surface area contributed by atoms with E-state index in [-0.39, 0.29) is 0 Å². The molecule has 1 aromatic heterocycles. The molecule has 1 heterocycles. The summed E-state index contributed by atoms with van der Waals surface area (Å²) >= 11 is 13.5. The van der Waals surface area contributed by atoms with Gasteiger partial charge in [-0.15, -0.1) is 0 Å². The van der Waals surface area contributed by atoms with Gasteiger partial charge in [-0.25, -0.2) is 9.97 Å². The van der Waals surface area contributed by atoms with E-state index in [9.17, 15) is 0 Å². The maximum absolute atomic E-state index is 6.03. The van der Waals surface area contributed by atoms with Gasteiger partial charge in [0.15, 0.2) is 11.0 Å². The van der Waals surface area contributed by atoms with Crippen molar-refractivity contribution in [3.63, 3.8) is 0 Å². The first-order valence-corrected chi connectivity index (χ1v) is 8.24. The Hall–Kier alpha value is -1.17. The highest BCUT2D eigenvalue weighted by Crippen LogP contribution is 2.27. The van der Waals surface area contributed by atoms with E-state index in [0.717, 1.165) is 17.7 Å². The smallest absolute Gasteiger partial charge is 0.189 e. The number of halogens is 2. The van der Waals surface area contributed by atoms with Crippen LogP contribution in [0.2, 0.25) is 10.0 Å². The van der Waals surface area contributed by atoms with Gasteiger partial charge < -0.3 is 11.5 Å². The van der Waals surface area contributed by atoms with Crippen LogP contribution in [0.15, 0.2) is 23.4 Å². The van der Waals surface area contributed by atoms with Crippen molar-refractivity contribution in [2.75, 3.05) is 17.2 Å². The van der Waals surface area contributed by atoms with Crippen LogP contribution < -0.4 is 11.5 Å². The molecule has 112 valence electrons. The topological polar surface area (TPSA) is 77.8 Å². The lowest BCUT2D eigenvalue weighted by Gasteiger charge is -2.10. The molecule has 0 radical (unpaired) electrons. The molecule has 2 aromatic rings. The zero-order chi connectivity index (χ0) is 15.4. The molecule has 0 aliphatic rings. The summed E-state index contributed by atoms with van der Waals surface area (Å²) < 4.78 is 0. The number of aromatic nitrogens is 2. The van der Waals surface area contributed by atoms with E-state index in [0.29, 0.717) is 38.8 Å². The molecule has 2 rings (SSSR count). The lowest BCUT2D eigenvalue weighted by molar-refractivity contribution is 0.912. The Balaban J connectivity index is 2.29. The van der Waals surface area contributed by atoms with Crippen LogP contribution in [-0.2, 0) is 6.42 Å². The molecule has 0 saturated heterocycles. The van der Waals surface area contributed by atoms with Crippen LogP contribution in [0.1, 0.15) is 24.6 Å². The number of hydrogen-bond donors (Lipinski definition) is 2. The average molecular weight is 343 g/mol. The van der Waals surface area contributed by atoms with Crippen LogP contribution in [-0.4, -0.2) is 15.7 Å². The van der Waals surface area contributed by atoms with Crippen LogP contribution in [0.25, 0.3) is 0 Å². The zero-order valence-corrected chi connectivity index (χ0v) is 13.9. The fourth-order valence-electron chi connectivity index (χ4n) is 1.75. The molecule has 0 aliphatic carbocycles. The number of nitrogen functional groups attached to an aromatic ring is 2. The van der Waals surface area contributed by atoms with E-state index in [1.807, 2.05) is 6.07 Å². The van der Waals surface area contributed by atoms with Gasteiger partial charge in [0.2, 0.25) is 0 Å². The van der Waals surface area contributed by atoms with Crippen molar-refractivity contribution < 1.29 is 0 Å². The average Bonchev–Trinajstić information content (AvgIpc) is 2.45. The summed E-state index contributed by atoms with van der Waals surface area (Å²) in [7, 11) is 0. The van der Waals surface area contributed by atoms with Gasteiger partial charge >= 0.3 is 0 Å². The van der Waals surface area contributed by atoms with E-state index in [4.69, 9.17) is 34.7 Å². The Labute approximate surface area is 138 Å². The van der Waals surface area contributed by atoms with Crippen molar-refractivity contribution in [1.82, 2.24) is 9.97 Å². The second-order valence-electron chi connectivity index (χ2n) is 4.53. The van der Waals surface area contributed by atoms with Gasteiger partial charge in [-0.2, -0.15) is 0 Å². The second kappa shape index (κ2) is 7.20. The molecule has 21 heavy (non-hydrogen) atoms. The number of benzene rings is 1. The lowest BCUT2D eigenvalue weighted by atomic mass is 10.1. The Morgan fingerprint density at radius 3 is 2.57 bits per heavy atom. The van der Waals surface area contributed by atoms with Crippen LogP contribution in [0.3, 0.4) is 0 Å². The van der Waals surface area contributed by atoms with Gasteiger partial charge in [-0.1, -0.05) is 48.0 Å². The van der Waals surface area contributed by atoms with E-state index in [1.165, 1.54) is 0 Å². The molecule has 0 fully saturated rings. The molecular weight excluding hydrogens is 327 g/mol. The van der Waals surface area contributed by atoms with Gasteiger partial charge in [-0.05, 0) is 24.1 Å². The molecule has 0 spiro atoms. The van der Waals surface area contributed by atoms with Gasteiger partial charge in [-0.3, -0.25) is 0 Å². The number of anilines is 2. The number of thioether (sulfide) groups is 1. The maximum atomic E-state index is 6.03. The van der Waals surface area contributed by atoms with Crippen LogP contribution in [0, 0.1) is 0 Å². The zero-order valence-electron chi connectivity index (χ0n) is 11.6. The van der Waals surface area contributed by atoms with Gasteiger partial charge in [0.1, 0.15) is 0 Å². The summed E-state index contributed by atoms with van der Waals surface area (Å²) in [5.74, 6) is 1.26. The van der Waals surface area contributed by atoms with Crippen LogP contribution in [0.5, 0.6) is 0 Å². The van der Waals surface area contributed by atoms with E-state index in [1.54, 1.807) is 23.9 Å². The highest BCUT2D eigenvalue weighted by Gasteiger charge is 2.11. The molecule has 0 saturated carbocycles. The molecule has 1 aromatic carbocycles. The summed E-state index contributed by atoms with van der Waals surface area (Å²) in [6.07, 6.45) is 1.58. The molecule has 0 unspecified atom stereocenters. The summed E-state index contributed by atoms with van der Waals surface area (Å²) in [4.78, 5) is 8.69. The normalized spacial score (nSPS) is 10.8. The minimum atomic E-state index is 0.318. The monoisotopic (exact) mass is 342 g/mol. The summed E-state index contributed by atoms with van der Waals surface area (Å²) in [6.45, 7) is 2.10. The third-order valence-electron chi connectivity index (χ3n) is 2.82. The minimum absolute atomic E-state index is 0.318. The largest absolute Gasteiger partial charge is 0.394 e. The number of nitrogens with zero attached hydrogens (tertiary/aromatic N) is 2. The molecule has 0 amide bonds. The Bertz CT molecular complexity index is 649. The van der Waals surface area contributed by atoms with Crippen LogP contribution in [0.4, 0.5) is 11.5 Å². The van der Waals surface area contributed by atoms with E-state index >= 15 is 0 Å². The Kier molecular flexibility index (Phi) is 5.56. The number of hydrogen-bond acceptors (Lipinski definition) is 5. The highest BCUT2D eigenvalue weighted by atomic mass is 35.5. The SMILES string of the molecule is CCCSc1nc(N)c(N)c(Cc2ccc(Cl)c(Cl)c2)n1. The number of rotatable bonds is 5. The molecule has 0 aliphatic heterocycles. The summed E-state index contributed by atoms with van der Waals surface area (Å²) in [6, 6.07) is 5.46. The van der Waals surface area contributed by atoms with Crippen molar-refractivity contribution in [3.8, 4) is 0 Å². The molecule has 4 nitrogen and oxygen atoms in total. The predicted octanol–water partition coefficient (Wildman–Crippen LogP) is 4.04. The molecule has 0 bridgehead atoms. The fraction of sp³-hybridized carbons (Fsp3) is 0.286. The third kappa shape index (κ3) is 4.15. The molecule has 4 N–H and O–H groups in total. The standard InChI is InChI=1S/C14H16Cl2N4S/c1-2-5-21-14-19-11(12(17)13(18)20-14)7-8-3-4-9(15)10(16)6-8/h3-4,6H,2,5,7,17H2,1H3,(H2,18,19,20). The maximum Gasteiger partial charge on any atom is 0.189 e. The van der Waals surface area contributed by atoms with Crippen molar-refractivity contribution in [1.29, 1.82) is 0 Å².